The van der Waals surface area contributed by atoms with E-state index in [2.05, 4.69) is 18.8 Å². The Bertz CT molecular complexity index is 345. The average Bonchev–Trinajstić information content (AvgIpc) is 2.56. The second-order valence-electron chi connectivity index (χ2n) is 3.26. The van der Waals surface area contributed by atoms with E-state index in [0.29, 0.717) is 15.8 Å². The number of aromatic nitrogens is 1. The number of aromatic carboxylic acids is 1. The van der Waals surface area contributed by atoms with E-state index in [1.807, 2.05) is 0 Å². The Morgan fingerprint density at radius 1 is 1.53 bits per heavy atom. The molecule has 5 heteroatoms. The average molecular weight is 245 g/mol. The van der Waals surface area contributed by atoms with E-state index in [9.17, 15) is 4.79 Å². The fourth-order valence-electron chi connectivity index (χ4n) is 1.22. The largest absolute Gasteiger partial charge is 0.477 e. The maximum absolute atomic E-state index is 10.8. The van der Waals surface area contributed by atoms with Crippen LogP contribution in [-0.4, -0.2) is 21.3 Å². The normalized spacial score (nSPS) is 10.9. The van der Waals surface area contributed by atoms with Gasteiger partial charge >= 0.3 is 5.97 Å². The summed E-state index contributed by atoms with van der Waals surface area (Å²) in [6.07, 6.45) is 2.17. The van der Waals surface area contributed by atoms with Crippen LogP contribution >= 0.6 is 23.1 Å². The monoisotopic (exact) mass is 245 g/mol. The standard InChI is InChI=1S/C10H15NO2S2/c1-4-7(5-2)14-10-11-6(3)8(15-10)9(12)13/h7H,4-5H2,1-3H3,(H,12,13). The van der Waals surface area contributed by atoms with Crippen LogP contribution in [0.5, 0.6) is 0 Å². The lowest BCUT2D eigenvalue weighted by Gasteiger charge is -2.08. The summed E-state index contributed by atoms with van der Waals surface area (Å²) in [5.74, 6) is -0.874. The van der Waals surface area contributed by atoms with Gasteiger partial charge in [0.2, 0.25) is 0 Å². The molecule has 0 aliphatic rings. The lowest BCUT2D eigenvalue weighted by atomic mass is 10.3. The zero-order valence-electron chi connectivity index (χ0n) is 9.11. The maximum atomic E-state index is 10.8. The van der Waals surface area contributed by atoms with Crippen molar-refractivity contribution in [2.45, 2.75) is 43.2 Å². The zero-order chi connectivity index (χ0) is 11.4. The summed E-state index contributed by atoms with van der Waals surface area (Å²) >= 11 is 2.96. The van der Waals surface area contributed by atoms with Crippen molar-refractivity contribution in [2.24, 2.45) is 0 Å². The van der Waals surface area contributed by atoms with Gasteiger partial charge < -0.3 is 5.11 Å². The first-order chi connectivity index (χ1) is 7.08. The third-order valence-electron chi connectivity index (χ3n) is 2.15. The Kier molecular flexibility index (Phi) is 4.60. The van der Waals surface area contributed by atoms with Gasteiger partial charge in [0.1, 0.15) is 4.88 Å². The molecule has 0 aliphatic heterocycles. The van der Waals surface area contributed by atoms with Crippen molar-refractivity contribution in [3.8, 4) is 0 Å². The topological polar surface area (TPSA) is 50.2 Å². The molecule has 84 valence electrons. The number of nitrogens with zero attached hydrogens (tertiary/aromatic N) is 1. The Morgan fingerprint density at radius 2 is 2.13 bits per heavy atom. The molecule has 1 heterocycles. The molecule has 15 heavy (non-hydrogen) atoms. The van der Waals surface area contributed by atoms with Crippen LogP contribution in [0.2, 0.25) is 0 Å². The highest BCUT2D eigenvalue weighted by molar-refractivity contribution is 8.01. The lowest BCUT2D eigenvalue weighted by Crippen LogP contribution is -1.96. The Hall–Kier alpha value is -0.550. The highest BCUT2D eigenvalue weighted by atomic mass is 32.2. The van der Waals surface area contributed by atoms with Gasteiger partial charge in [0.25, 0.3) is 0 Å². The number of carbonyl (C=O) groups is 1. The second-order valence-corrected chi connectivity index (χ2v) is 5.80. The van der Waals surface area contributed by atoms with E-state index in [0.717, 1.165) is 17.2 Å². The van der Waals surface area contributed by atoms with Crippen LogP contribution in [0.15, 0.2) is 4.34 Å². The second kappa shape index (κ2) is 5.51. The van der Waals surface area contributed by atoms with Gasteiger partial charge in [0, 0.05) is 5.25 Å². The molecule has 1 rings (SSSR count). The van der Waals surface area contributed by atoms with Crippen molar-refractivity contribution in [1.29, 1.82) is 0 Å². The molecule has 0 radical (unpaired) electrons. The first-order valence-corrected chi connectivity index (χ1v) is 6.65. The van der Waals surface area contributed by atoms with Crippen molar-refractivity contribution < 1.29 is 9.90 Å². The first kappa shape index (κ1) is 12.5. The molecule has 0 aromatic carbocycles. The molecule has 0 atom stereocenters. The van der Waals surface area contributed by atoms with Gasteiger partial charge in [0.05, 0.1) is 5.69 Å². The van der Waals surface area contributed by atoms with E-state index in [1.165, 1.54) is 11.3 Å². The number of carboxylic acid groups (broad SMARTS) is 1. The van der Waals surface area contributed by atoms with Crippen LogP contribution in [0.4, 0.5) is 0 Å². The maximum Gasteiger partial charge on any atom is 0.347 e. The molecule has 0 saturated heterocycles. The van der Waals surface area contributed by atoms with Gasteiger partial charge in [-0.2, -0.15) is 0 Å². The lowest BCUT2D eigenvalue weighted by molar-refractivity contribution is 0.0701. The molecule has 1 N–H and O–H groups in total. The SMILES string of the molecule is CCC(CC)Sc1nc(C)c(C(=O)O)s1. The molecule has 0 amide bonds. The summed E-state index contributed by atoms with van der Waals surface area (Å²) in [4.78, 5) is 15.5. The van der Waals surface area contributed by atoms with Crippen molar-refractivity contribution >= 4 is 29.1 Å². The van der Waals surface area contributed by atoms with Crippen molar-refractivity contribution in [2.75, 3.05) is 0 Å². The summed E-state index contributed by atoms with van der Waals surface area (Å²) in [5.41, 5.74) is 0.626. The summed E-state index contributed by atoms with van der Waals surface area (Å²) in [7, 11) is 0. The van der Waals surface area contributed by atoms with E-state index in [1.54, 1.807) is 18.7 Å². The Labute approximate surface area is 97.9 Å². The number of aryl methyl sites for hydroxylation is 1. The highest BCUT2D eigenvalue weighted by Gasteiger charge is 2.16. The molecular formula is C10H15NO2S2. The number of rotatable bonds is 5. The molecule has 3 nitrogen and oxygen atoms in total. The number of thioether (sulfide) groups is 1. The van der Waals surface area contributed by atoms with Gasteiger partial charge in [-0.1, -0.05) is 25.6 Å². The van der Waals surface area contributed by atoms with Crippen LogP contribution < -0.4 is 0 Å². The van der Waals surface area contributed by atoms with Gasteiger partial charge in [-0.3, -0.25) is 0 Å². The third kappa shape index (κ3) is 3.21. The molecule has 0 fully saturated rings. The molecule has 0 spiro atoms. The summed E-state index contributed by atoms with van der Waals surface area (Å²) in [5, 5.41) is 9.43. The predicted molar refractivity (Wildman–Crippen MR) is 64.0 cm³/mol. The zero-order valence-corrected chi connectivity index (χ0v) is 10.7. The molecule has 0 unspecified atom stereocenters. The number of carboxylic acids is 1. The van der Waals surface area contributed by atoms with Crippen LogP contribution in [0.1, 0.15) is 42.1 Å². The van der Waals surface area contributed by atoms with E-state index >= 15 is 0 Å². The van der Waals surface area contributed by atoms with Crippen LogP contribution in [0.3, 0.4) is 0 Å². The fraction of sp³-hybridized carbons (Fsp3) is 0.600. The molecule has 0 aliphatic carbocycles. The first-order valence-electron chi connectivity index (χ1n) is 4.95. The molecule has 1 aromatic heterocycles. The van der Waals surface area contributed by atoms with Crippen molar-refractivity contribution in [3.05, 3.63) is 10.6 Å². The minimum absolute atomic E-state index is 0.364. The van der Waals surface area contributed by atoms with Gasteiger partial charge in [0.15, 0.2) is 4.34 Å². The van der Waals surface area contributed by atoms with Crippen molar-refractivity contribution in [1.82, 2.24) is 4.98 Å². The van der Waals surface area contributed by atoms with Gasteiger partial charge in [-0.05, 0) is 19.8 Å². The smallest absolute Gasteiger partial charge is 0.347 e. The van der Waals surface area contributed by atoms with Gasteiger partial charge in [-0.15, -0.1) is 11.3 Å². The predicted octanol–water partition coefficient (Wildman–Crippen LogP) is 3.43. The number of thiazole rings is 1. The Balaban J connectivity index is 2.79. The summed E-state index contributed by atoms with van der Waals surface area (Å²) in [6.45, 7) is 6.02. The fourth-order valence-corrected chi connectivity index (χ4v) is 3.52. The molecule has 0 bridgehead atoms. The molecule has 1 aromatic rings. The number of hydrogen-bond donors (Lipinski definition) is 1. The van der Waals surface area contributed by atoms with Crippen molar-refractivity contribution in [3.63, 3.8) is 0 Å². The van der Waals surface area contributed by atoms with Crippen LogP contribution in [0, 0.1) is 6.92 Å². The minimum atomic E-state index is -0.874. The summed E-state index contributed by atoms with van der Waals surface area (Å²) < 4.78 is 0.874. The highest BCUT2D eigenvalue weighted by Crippen LogP contribution is 2.32. The van der Waals surface area contributed by atoms with E-state index in [4.69, 9.17) is 5.11 Å². The minimum Gasteiger partial charge on any atom is -0.477 e. The quantitative estimate of drug-likeness (QED) is 0.807. The molecule has 0 saturated carbocycles. The third-order valence-corrected chi connectivity index (χ3v) is 4.92. The van der Waals surface area contributed by atoms with E-state index in [-0.39, 0.29) is 0 Å². The Morgan fingerprint density at radius 3 is 2.53 bits per heavy atom. The van der Waals surface area contributed by atoms with Crippen LogP contribution in [0.25, 0.3) is 0 Å². The van der Waals surface area contributed by atoms with E-state index < -0.39 is 5.97 Å². The number of hydrogen-bond acceptors (Lipinski definition) is 4. The van der Waals surface area contributed by atoms with Gasteiger partial charge in [-0.25, -0.2) is 9.78 Å². The summed E-state index contributed by atoms with van der Waals surface area (Å²) in [6, 6.07) is 0. The molecular weight excluding hydrogens is 230 g/mol. The van der Waals surface area contributed by atoms with Crippen LogP contribution in [-0.2, 0) is 0 Å².